The Bertz CT molecular complexity index is 6930. The molecule has 0 amide bonds. The van der Waals surface area contributed by atoms with Gasteiger partial charge in [-0.3, -0.25) is 54.4 Å². The zero-order valence-corrected chi connectivity index (χ0v) is 86.7. The zero-order chi connectivity index (χ0) is 102. The Hall–Kier alpha value is -13.9. The van der Waals surface area contributed by atoms with Crippen molar-refractivity contribution in [3.05, 3.63) is 342 Å². The third-order valence-corrected chi connectivity index (χ3v) is 31.7. The van der Waals surface area contributed by atoms with E-state index in [0.717, 1.165) is 187 Å². The first-order valence-electron chi connectivity index (χ1n) is 51.4. The number of rotatable bonds is 25. The van der Waals surface area contributed by atoms with Crippen LogP contribution in [0.15, 0.2) is 296 Å². The van der Waals surface area contributed by atoms with Crippen LogP contribution in [0.5, 0.6) is 63.2 Å². The lowest BCUT2D eigenvalue weighted by molar-refractivity contribution is 0.170. The number of ether oxygens (including phenoxy) is 11. The van der Waals surface area contributed by atoms with Gasteiger partial charge in [0.1, 0.15) is 78.4 Å². The van der Waals surface area contributed by atoms with Crippen molar-refractivity contribution < 1.29 is 77.4 Å². The predicted molar refractivity (Wildman–Crippen MR) is 571 cm³/mol. The van der Waals surface area contributed by atoms with E-state index in [1.54, 1.807) is 61.7 Å². The molecule has 0 aliphatic carbocycles. The fraction of sp³-hybridized carbons (Fsp3) is 0.339. The van der Waals surface area contributed by atoms with Gasteiger partial charge in [-0.25, -0.2) is 25.3 Å². The smallest absolute Gasteiger partial charge is 0.177 e. The average Bonchev–Trinajstić information content (AvgIpc) is 1.73. The van der Waals surface area contributed by atoms with E-state index in [-0.39, 0.29) is 22.2 Å². The molecular weight excluding hydrogens is 1940 g/mol. The molecule has 14 aromatic rings. The van der Waals surface area contributed by atoms with Gasteiger partial charge in [-0.15, -0.1) is 0 Å². The minimum atomic E-state index is -3.28. The van der Waals surface area contributed by atoms with Crippen LogP contribution < -0.4 is 52.1 Å². The third kappa shape index (κ3) is 26.5. The van der Waals surface area contributed by atoms with Crippen molar-refractivity contribution >= 4 is 29.5 Å². The molecule has 5 atom stereocenters. The van der Waals surface area contributed by atoms with Crippen molar-refractivity contribution in [2.24, 2.45) is 0 Å². The number of aromatic nitrogens is 6. The van der Waals surface area contributed by atoms with E-state index < -0.39 is 29.5 Å². The summed E-state index contributed by atoms with van der Waals surface area (Å²) in [6, 6.07) is 78.8. The molecule has 0 spiro atoms. The van der Waals surface area contributed by atoms with Crippen molar-refractivity contribution in [2.45, 2.75) is 137 Å². The van der Waals surface area contributed by atoms with Gasteiger partial charge >= 0.3 is 0 Å². The molecule has 0 radical (unpaired) electrons. The molecule has 10 aliphatic heterocycles. The number of fused-ring (bicyclic) bond motifs is 5. The Kier molecular flexibility index (Phi) is 32.8. The lowest BCUT2D eigenvalue weighted by Crippen LogP contribution is -2.23. The van der Waals surface area contributed by atoms with Crippen molar-refractivity contribution in [2.75, 3.05) is 130 Å². The number of pyridine rings is 2. The summed E-state index contributed by atoms with van der Waals surface area (Å²) in [4.78, 5) is 38.3. The highest BCUT2D eigenvalue weighted by atomic mass is 32.2. The second-order valence-corrected chi connectivity index (χ2v) is 45.4. The van der Waals surface area contributed by atoms with Gasteiger partial charge in [-0.2, -0.15) is 0 Å². The second kappa shape index (κ2) is 47.7. The van der Waals surface area contributed by atoms with Gasteiger partial charge in [0.25, 0.3) is 0 Å². The van der Waals surface area contributed by atoms with Crippen molar-refractivity contribution in [3.63, 3.8) is 0 Å². The summed E-state index contributed by atoms with van der Waals surface area (Å²) in [5, 5.41) is 0. The standard InChI is InChI=1S/2C25H26N2O4S.2C23H23N3O2.C22H27NO5S/c2*1-32(28,29)22-13-21(15-26-16-22)19-6-4-18(5-7-19)17-27-10-2-3-23(27)20-8-9-24-25(14-20)31-12-11-30-24;2*1-2-21(19-7-8-22-23(14-19)28-13-12-27-22)26(11-1)16-17-3-5-18(6-4-17)20-15-24-9-10-25-20;1-29(24,25)14-13-26-19-7-4-17(5-8-19)16-23-10-2-3-20(23)18-6-9-21-22(15-18)28-12-11-27-21/h2*4-9,13-16,23H,2-3,10-12,17H2,1H3;2*3-10,14-15,21H,1-2,11-13,16H2;4-9,15,20H,2-3,10-14,16H2,1H3/t2*23-;2*21-;20-/m10100/s1. The van der Waals surface area contributed by atoms with Crippen LogP contribution in [-0.2, 0) is 62.2 Å². The first kappa shape index (κ1) is 102. The Morgan fingerprint density at radius 3 is 0.772 bits per heavy atom. The summed E-state index contributed by atoms with van der Waals surface area (Å²) in [5.74, 6) is 9.22. The van der Waals surface area contributed by atoms with Crippen LogP contribution in [-0.4, -0.2) is 210 Å². The molecule has 0 unspecified atom stereocenters. The molecule has 28 nitrogen and oxygen atoms in total. The molecule has 5 saturated heterocycles. The van der Waals surface area contributed by atoms with Crippen molar-refractivity contribution in [1.29, 1.82) is 0 Å². The molecule has 772 valence electrons. The number of likely N-dealkylation sites (tertiary alicyclic amines) is 5. The fourth-order valence-corrected chi connectivity index (χ4v) is 22.7. The highest BCUT2D eigenvalue weighted by molar-refractivity contribution is 7.91. The quantitative estimate of drug-likeness (QED) is 0.0513. The summed E-state index contributed by atoms with van der Waals surface area (Å²) in [6.45, 7) is 16.2. The fourth-order valence-electron chi connectivity index (χ4n) is 21.1. The SMILES string of the molecule is CS(=O)(=O)CCOc1ccc(CN2CCC[C@H]2c2ccc3c(c2)OCCO3)cc1.CS(=O)(=O)c1cncc(-c2ccc(CN3CCC[C@@H]3c3ccc4c(c3)OCCO4)cc2)c1.CS(=O)(=O)c1cncc(-c2ccc(CN3CCC[C@H]3c3ccc4c(c3)OCCO4)cc2)c1.c1cnc(-c2ccc(CN3CCC[C@@H]3c3ccc4c(c3)OCCO4)cc2)cn1.c1cnc(-c2ccc(CN3CCC[C@H]3c3ccc4c(c3)OCCO4)cc2)cn1. The van der Waals surface area contributed by atoms with Crippen LogP contribution in [0.4, 0.5) is 0 Å². The minimum absolute atomic E-state index is 0.0275. The lowest BCUT2D eigenvalue weighted by Gasteiger charge is -2.26. The minimum Gasteiger partial charge on any atom is -0.493 e. The maximum Gasteiger partial charge on any atom is 0.177 e. The Labute approximate surface area is 872 Å². The number of hydrogen-bond donors (Lipinski definition) is 0. The van der Waals surface area contributed by atoms with Gasteiger partial charge < -0.3 is 52.1 Å². The van der Waals surface area contributed by atoms with E-state index in [0.29, 0.717) is 102 Å². The maximum absolute atomic E-state index is 11.8. The molecule has 10 aromatic carbocycles. The highest BCUT2D eigenvalue weighted by Gasteiger charge is 2.35. The van der Waals surface area contributed by atoms with Crippen LogP contribution in [0.3, 0.4) is 0 Å². The largest absolute Gasteiger partial charge is 0.493 e. The molecule has 24 rings (SSSR count). The predicted octanol–water partition coefficient (Wildman–Crippen LogP) is 20.2. The summed E-state index contributed by atoms with van der Waals surface area (Å²) >= 11 is 0. The van der Waals surface area contributed by atoms with E-state index in [1.165, 1.54) is 132 Å². The third-order valence-electron chi connectivity index (χ3n) is 28.6. The van der Waals surface area contributed by atoms with E-state index in [9.17, 15) is 25.3 Å². The zero-order valence-electron chi connectivity index (χ0n) is 84.2. The summed E-state index contributed by atoms with van der Waals surface area (Å²) < 4.78 is 132. The van der Waals surface area contributed by atoms with Gasteiger partial charge in [0.2, 0.25) is 0 Å². The summed E-state index contributed by atoms with van der Waals surface area (Å²) in [6.07, 6.45) is 31.9. The molecule has 149 heavy (non-hydrogen) atoms. The molecule has 0 bridgehead atoms. The van der Waals surface area contributed by atoms with Gasteiger partial charge in [0.05, 0.1) is 39.3 Å². The molecule has 31 heteroatoms. The first-order chi connectivity index (χ1) is 72.6. The van der Waals surface area contributed by atoms with E-state index in [2.05, 4.69) is 212 Å². The van der Waals surface area contributed by atoms with Crippen LogP contribution in [0.1, 0.15) is 150 Å². The summed E-state index contributed by atoms with van der Waals surface area (Å²) in [5.41, 5.74) is 20.3. The van der Waals surface area contributed by atoms with Gasteiger partial charge in [0.15, 0.2) is 87.0 Å². The van der Waals surface area contributed by atoms with Crippen LogP contribution in [0, 0.1) is 0 Å². The van der Waals surface area contributed by atoms with Gasteiger partial charge in [-0.05, 0) is 249 Å². The molecule has 10 aliphatic rings. The van der Waals surface area contributed by atoms with Crippen LogP contribution >= 0.6 is 0 Å². The molecular formula is C118H125N11O17S3. The molecule has 4 aromatic heterocycles. The normalized spacial score (nSPS) is 18.9. The Morgan fingerprint density at radius 2 is 0.523 bits per heavy atom. The number of hydrogen-bond acceptors (Lipinski definition) is 28. The average molecular weight is 2070 g/mol. The monoisotopic (exact) mass is 2060 g/mol. The lowest BCUT2D eigenvalue weighted by atomic mass is 10.0. The first-order valence-corrected chi connectivity index (χ1v) is 57.3. The van der Waals surface area contributed by atoms with Gasteiger partial charge in [0, 0.05) is 154 Å². The number of nitrogens with zero attached hydrogens (tertiary/aromatic N) is 11. The van der Waals surface area contributed by atoms with E-state index in [1.807, 2.05) is 54.6 Å². The number of benzene rings is 10. The maximum atomic E-state index is 11.8. The molecule has 14 heterocycles. The van der Waals surface area contributed by atoms with Crippen molar-refractivity contribution in [3.8, 4) is 108 Å². The van der Waals surface area contributed by atoms with Gasteiger partial charge in [-0.1, -0.05) is 140 Å². The van der Waals surface area contributed by atoms with Crippen LogP contribution in [0.25, 0.3) is 44.8 Å². The second-order valence-electron chi connectivity index (χ2n) is 39.1. The molecule has 5 fully saturated rings. The number of sulfone groups is 3. The van der Waals surface area contributed by atoms with E-state index in [4.69, 9.17) is 52.1 Å². The topological polar surface area (TPSA) is 297 Å². The summed E-state index contributed by atoms with van der Waals surface area (Å²) in [7, 11) is -9.57. The molecule has 0 N–H and O–H groups in total. The highest BCUT2D eigenvalue weighted by Crippen LogP contribution is 2.46. The van der Waals surface area contributed by atoms with E-state index >= 15 is 0 Å². The van der Waals surface area contributed by atoms with Crippen LogP contribution in [0.2, 0.25) is 0 Å². The molecule has 0 saturated carbocycles. The Morgan fingerprint density at radius 1 is 0.268 bits per heavy atom. The van der Waals surface area contributed by atoms with Crippen molar-refractivity contribution in [1.82, 2.24) is 54.4 Å². The Balaban J connectivity index is 0.000000113.